The fourth-order valence-corrected chi connectivity index (χ4v) is 10.7. The molecule has 6 nitrogen and oxygen atoms in total. The van der Waals surface area contributed by atoms with E-state index in [0.717, 1.165) is 78.1 Å². The van der Waals surface area contributed by atoms with Gasteiger partial charge in [-0.05, 0) is 83.9 Å². The van der Waals surface area contributed by atoms with E-state index >= 15 is 8.78 Å². The molecule has 0 amide bonds. The first-order chi connectivity index (χ1) is 35.0. The smallest absolute Gasteiger partial charge is 0.164 e. The van der Waals surface area contributed by atoms with Crippen molar-refractivity contribution in [2.45, 2.75) is 0 Å². The summed E-state index contributed by atoms with van der Waals surface area (Å²) in [4.78, 5) is 15.3. The van der Waals surface area contributed by atoms with Crippen LogP contribution in [0.1, 0.15) is 0 Å². The normalized spacial score (nSPS) is 11.8. The second-order valence-electron chi connectivity index (χ2n) is 17.9. The van der Waals surface area contributed by atoms with Crippen LogP contribution < -0.4 is 0 Å². The van der Waals surface area contributed by atoms with Crippen molar-refractivity contribution in [2.75, 3.05) is 0 Å². The Labute approximate surface area is 405 Å². The van der Waals surface area contributed by atoms with Gasteiger partial charge in [0.1, 0.15) is 11.6 Å². The number of rotatable bonds is 7. The van der Waals surface area contributed by atoms with Crippen molar-refractivity contribution in [3.05, 3.63) is 242 Å². The molecule has 0 fully saturated rings. The Morgan fingerprint density at radius 3 is 1.06 bits per heavy atom. The van der Waals surface area contributed by atoms with E-state index in [0.29, 0.717) is 34.2 Å². The maximum Gasteiger partial charge on any atom is 0.164 e. The van der Waals surface area contributed by atoms with Gasteiger partial charge in [0.25, 0.3) is 0 Å². The van der Waals surface area contributed by atoms with Gasteiger partial charge < -0.3 is 13.7 Å². The Bertz CT molecular complexity index is 4080. The Kier molecular flexibility index (Phi) is 9.16. The molecule has 0 atom stereocenters. The van der Waals surface area contributed by atoms with Gasteiger partial charge in [-0.3, -0.25) is 0 Å². The lowest BCUT2D eigenvalue weighted by molar-refractivity contribution is 0.584. The van der Waals surface area contributed by atoms with Crippen molar-refractivity contribution in [2.24, 2.45) is 0 Å². The lowest BCUT2D eigenvalue weighted by Gasteiger charge is -2.16. The summed E-state index contributed by atoms with van der Waals surface area (Å²) < 4.78 is 37.5. The highest BCUT2D eigenvalue weighted by molar-refractivity contribution is 6.13. The van der Waals surface area contributed by atoms with Gasteiger partial charge in [0.05, 0.1) is 33.1 Å². The number of halogens is 2. The van der Waals surface area contributed by atoms with Crippen LogP contribution >= 0.6 is 0 Å². The van der Waals surface area contributed by atoms with E-state index in [1.807, 2.05) is 72.8 Å². The molecule has 0 aliphatic heterocycles. The molecule has 0 saturated heterocycles. The quantitative estimate of drug-likeness (QED) is 0.160. The third-order valence-electron chi connectivity index (χ3n) is 13.8. The molecule has 334 valence electrons. The van der Waals surface area contributed by atoms with Crippen molar-refractivity contribution in [3.63, 3.8) is 0 Å². The monoisotopic (exact) mass is 916 g/mol. The molecule has 14 aromatic rings. The van der Waals surface area contributed by atoms with Crippen LogP contribution in [-0.2, 0) is 0 Å². The summed E-state index contributed by atoms with van der Waals surface area (Å²) in [6.45, 7) is 0. The van der Waals surface area contributed by atoms with E-state index in [1.165, 1.54) is 33.7 Å². The predicted octanol–water partition coefficient (Wildman–Crippen LogP) is 16.1. The Morgan fingerprint density at radius 2 is 0.606 bits per heavy atom. The molecule has 0 spiro atoms. The van der Waals surface area contributed by atoms with E-state index in [-0.39, 0.29) is 0 Å². The highest BCUT2D eigenvalue weighted by Crippen LogP contribution is 2.42. The second kappa shape index (κ2) is 16.0. The molecule has 0 N–H and O–H groups in total. The van der Waals surface area contributed by atoms with Gasteiger partial charge in [0.15, 0.2) is 17.5 Å². The molecule has 4 aromatic heterocycles. The van der Waals surface area contributed by atoms with Crippen LogP contribution in [0.15, 0.2) is 231 Å². The minimum absolute atomic E-state index is 0.358. The second-order valence-corrected chi connectivity index (χ2v) is 17.9. The van der Waals surface area contributed by atoms with E-state index in [2.05, 4.69) is 153 Å². The fraction of sp³-hybridized carbons (Fsp3) is 0. The van der Waals surface area contributed by atoms with Crippen LogP contribution in [0, 0.1) is 11.6 Å². The molecule has 0 radical (unpaired) electrons. The summed E-state index contributed by atoms with van der Waals surface area (Å²) in [5.74, 6) is -0.0622. The van der Waals surface area contributed by atoms with E-state index in [1.54, 1.807) is 0 Å². The summed E-state index contributed by atoms with van der Waals surface area (Å²) in [6, 6.07) is 76.7. The molecular formula is C63H38F2N6. The molecule has 0 bridgehead atoms. The number of aromatic nitrogens is 6. The Balaban J connectivity index is 1.08. The standard InChI is InChI=1S/C63H38F2N6/c64-42-33-41(34-43(65)35-42)47-30-27-44(36-54(47)63-67-61(39-15-3-1-4-16-39)66-62(68-63)40-17-5-2-6-18-40)71-59-37-45(69-55-23-11-7-19-48(55)49-20-8-12-24-56(49)69)28-31-52(59)53-32-29-46(38-60(53)71)70-57-25-13-9-21-50(57)51-22-10-14-26-58(51)70/h1-38H. The molecule has 8 heteroatoms. The van der Waals surface area contributed by atoms with Crippen molar-refractivity contribution in [1.82, 2.24) is 28.7 Å². The zero-order valence-corrected chi connectivity index (χ0v) is 37.9. The minimum Gasteiger partial charge on any atom is -0.309 e. The van der Waals surface area contributed by atoms with Crippen LogP contribution in [0.4, 0.5) is 8.78 Å². The SMILES string of the molecule is Fc1cc(F)cc(-c2ccc(-n3c4cc(-n5c6ccccc6c6ccccc65)ccc4c4ccc(-n5c6ccccc6c6ccccc65)cc43)cc2-c2nc(-c3ccccc3)nc(-c3ccccc3)n2)c1. The number of benzene rings is 10. The molecule has 71 heavy (non-hydrogen) atoms. The number of hydrogen-bond donors (Lipinski definition) is 0. The van der Waals surface area contributed by atoms with Crippen LogP contribution in [0.5, 0.6) is 0 Å². The molecule has 0 aliphatic carbocycles. The van der Waals surface area contributed by atoms with Crippen LogP contribution in [0.3, 0.4) is 0 Å². The van der Waals surface area contributed by atoms with E-state index < -0.39 is 11.6 Å². The molecule has 10 aromatic carbocycles. The first kappa shape index (κ1) is 40.5. The number of nitrogens with zero attached hydrogens (tertiary/aromatic N) is 6. The van der Waals surface area contributed by atoms with Gasteiger partial charge in [0.2, 0.25) is 0 Å². The zero-order chi connectivity index (χ0) is 47.2. The van der Waals surface area contributed by atoms with Crippen molar-refractivity contribution in [3.8, 4) is 62.4 Å². The van der Waals surface area contributed by atoms with E-state index in [9.17, 15) is 0 Å². The third-order valence-corrected chi connectivity index (χ3v) is 13.8. The van der Waals surface area contributed by atoms with Crippen LogP contribution in [0.25, 0.3) is 128 Å². The number of fused-ring (bicyclic) bond motifs is 9. The Hall–Kier alpha value is -9.53. The lowest BCUT2D eigenvalue weighted by atomic mass is 9.97. The molecule has 0 aliphatic rings. The molecular weight excluding hydrogens is 879 g/mol. The third kappa shape index (κ3) is 6.56. The van der Waals surface area contributed by atoms with Gasteiger partial charge in [-0.1, -0.05) is 152 Å². The summed E-state index contributed by atoms with van der Waals surface area (Å²) in [5.41, 5.74) is 12.3. The summed E-state index contributed by atoms with van der Waals surface area (Å²) >= 11 is 0. The molecule has 0 saturated carbocycles. The van der Waals surface area contributed by atoms with Crippen molar-refractivity contribution >= 4 is 65.4 Å². The van der Waals surface area contributed by atoms with Gasteiger partial charge in [-0.2, -0.15) is 0 Å². The average Bonchev–Trinajstić information content (AvgIpc) is 4.06. The largest absolute Gasteiger partial charge is 0.309 e. The first-order valence-corrected chi connectivity index (χ1v) is 23.6. The predicted molar refractivity (Wildman–Crippen MR) is 285 cm³/mol. The fourth-order valence-electron chi connectivity index (χ4n) is 10.7. The number of para-hydroxylation sites is 4. The topological polar surface area (TPSA) is 53.5 Å². The highest BCUT2D eigenvalue weighted by Gasteiger charge is 2.22. The highest BCUT2D eigenvalue weighted by atomic mass is 19.1. The first-order valence-electron chi connectivity index (χ1n) is 23.6. The number of hydrogen-bond acceptors (Lipinski definition) is 3. The minimum atomic E-state index is -0.682. The molecule has 14 rings (SSSR count). The zero-order valence-electron chi connectivity index (χ0n) is 37.9. The maximum absolute atomic E-state index is 15.3. The molecule has 0 unspecified atom stereocenters. The molecule has 4 heterocycles. The van der Waals surface area contributed by atoms with Crippen molar-refractivity contribution in [1.29, 1.82) is 0 Å². The van der Waals surface area contributed by atoms with Gasteiger partial charge in [-0.25, -0.2) is 23.7 Å². The van der Waals surface area contributed by atoms with Gasteiger partial charge in [0, 0.05) is 72.1 Å². The van der Waals surface area contributed by atoms with Crippen LogP contribution in [0.2, 0.25) is 0 Å². The van der Waals surface area contributed by atoms with Crippen molar-refractivity contribution < 1.29 is 8.78 Å². The lowest BCUT2D eigenvalue weighted by Crippen LogP contribution is -2.03. The van der Waals surface area contributed by atoms with Crippen LogP contribution in [-0.4, -0.2) is 28.7 Å². The summed E-state index contributed by atoms with van der Waals surface area (Å²) in [5, 5.41) is 6.83. The van der Waals surface area contributed by atoms with Gasteiger partial charge in [-0.15, -0.1) is 0 Å². The van der Waals surface area contributed by atoms with Gasteiger partial charge >= 0.3 is 0 Å². The Morgan fingerprint density at radius 1 is 0.254 bits per heavy atom. The maximum atomic E-state index is 15.3. The summed E-state index contributed by atoms with van der Waals surface area (Å²) in [6.07, 6.45) is 0. The summed E-state index contributed by atoms with van der Waals surface area (Å²) in [7, 11) is 0. The van der Waals surface area contributed by atoms with E-state index in [4.69, 9.17) is 15.0 Å². The average molecular weight is 917 g/mol.